The minimum absolute atomic E-state index is 0.124. The van der Waals surface area contributed by atoms with Gasteiger partial charge in [-0.1, -0.05) is 54.6 Å². The van der Waals surface area contributed by atoms with E-state index in [1.165, 1.54) is 42.6 Å². The molecule has 0 aliphatic carbocycles. The summed E-state index contributed by atoms with van der Waals surface area (Å²) in [5.41, 5.74) is -1.05. The Morgan fingerprint density at radius 2 is 1.22 bits per heavy atom. The topological polar surface area (TPSA) is 252 Å². The molecule has 2 aliphatic rings. The van der Waals surface area contributed by atoms with Crippen LogP contribution in [0, 0.1) is 0 Å². The summed E-state index contributed by atoms with van der Waals surface area (Å²) in [5.74, 6) is -2.48. The maximum absolute atomic E-state index is 13.4. The fraction of sp³-hybridized carbons (Fsp3) is 0.395. The number of aromatic amines is 1. The third-order valence-electron chi connectivity index (χ3n) is 9.50. The maximum Gasteiger partial charge on any atom is 0.425 e. The normalized spacial score (nSPS) is 23.3. The largest absolute Gasteiger partial charge is 0.459 e. The Bertz CT molecular complexity index is 2450. The van der Waals surface area contributed by atoms with E-state index in [2.05, 4.69) is 4.98 Å². The number of amides is 1. The SMILES string of the molecule is CC(C)O[C@@H]1[C@H](OC(C)C)[C@@H](COS(=O)(=O)NC(=O)O[C@@H]2C[C@@H](OC(=O)c3ccccc3)[C@H](OC(=O)c3ccccc3)[C@@H](COC(=O)c3ccccc3)O2)O[C@H]1n1ccc(=O)[nH]c1=O. The Labute approximate surface area is 366 Å². The van der Waals surface area contributed by atoms with Gasteiger partial charge in [-0.05, 0) is 64.1 Å². The molecule has 1 amide bonds. The van der Waals surface area contributed by atoms with Gasteiger partial charge in [-0.15, -0.1) is 0 Å². The number of H-pyrrole nitrogens is 1. The van der Waals surface area contributed by atoms with E-state index in [9.17, 15) is 37.2 Å². The molecule has 3 aromatic carbocycles. The van der Waals surface area contributed by atoms with E-state index >= 15 is 0 Å². The van der Waals surface area contributed by atoms with Gasteiger partial charge in [0.15, 0.2) is 12.3 Å². The highest BCUT2D eigenvalue weighted by atomic mass is 32.2. The molecule has 0 bridgehead atoms. The summed E-state index contributed by atoms with van der Waals surface area (Å²) in [6.07, 6.45) is -12.2. The predicted octanol–water partition coefficient (Wildman–Crippen LogP) is 3.43. The van der Waals surface area contributed by atoms with Gasteiger partial charge < -0.3 is 37.9 Å². The minimum Gasteiger partial charge on any atom is -0.459 e. The first kappa shape index (κ1) is 47.3. The van der Waals surface area contributed by atoms with Crippen molar-refractivity contribution in [2.45, 2.75) is 95.5 Å². The number of ether oxygens (including phenoxy) is 8. The quantitative estimate of drug-likeness (QED) is 0.114. The van der Waals surface area contributed by atoms with Crippen LogP contribution >= 0.6 is 0 Å². The second-order valence-corrected chi connectivity index (χ2v) is 16.3. The van der Waals surface area contributed by atoms with E-state index in [0.717, 1.165) is 10.6 Å². The molecule has 8 atom stereocenters. The number of carbonyl (C=O) groups excluding carboxylic acids is 4. The number of rotatable bonds is 17. The third kappa shape index (κ3) is 12.7. The number of hydrogen-bond acceptors (Lipinski definition) is 17. The molecule has 4 aromatic rings. The first-order valence-corrected chi connectivity index (χ1v) is 21.5. The Morgan fingerprint density at radius 3 is 1.78 bits per heavy atom. The average molecular weight is 910 g/mol. The number of nitrogens with zero attached hydrogens (tertiary/aromatic N) is 1. The zero-order valence-corrected chi connectivity index (χ0v) is 35.8. The minimum atomic E-state index is -5.00. The van der Waals surface area contributed by atoms with E-state index in [4.69, 9.17) is 42.1 Å². The smallest absolute Gasteiger partial charge is 0.425 e. The van der Waals surface area contributed by atoms with Crippen LogP contribution in [-0.4, -0.2) is 110 Å². The van der Waals surface area contributed by atoms with Gasteiger partial charge in [0.2, 0.25) is 6.29 Å². The summed E-state index contributed by atoms with van der Waals surface area (Å²) in [4.78, 5) is 79.8. The average Bonchev–Trinajstić information content (AvgIpc) is 3.57. The fourth-order valence-electron chi connectivity index (χ4n) is 6.79. The van der Waals surface area contributed by atoms with Crippen molar-refractivity contribution in [1.29, 1.82) is 0 Å². The fourth-order valence-corrected chi connectivity index (χ4v) is 7.42. The summed E-state index contributed by atoms with van der Waals surface area (Å²) in [7, 11) is -5.00. The predicted molar refractivity (Wildman–Crippen MR) is 221 cm³/mol. The van der Waals surface area contributed by atoms with Crippen LogP contribution in [0.3, 0.4) is 0 Å². The van der Waals surface area contributed by atoms with Gasteiger partial charge in [-0.25, -0.2) is 24.0 Å². The summed E-state index contributed by atoms with van der Waals surface area (Å²) in [6, 6.07) is 24.7. The second kappa shape index (κ2) is 21.4. The molecule has 2 aliphatic heterocycles. The highest BCUT2D eigenvalue weighted by molar-refractivity contribution is 7.85. The van der Waals surface area contributed by atoms with Crippen molar-refractivity contribution in [3.63, 3.8) is 0 Å². The molecule has 64 heavy (non-hydrogen) atoms. The molecule has 1 aromatic heterocycles. The Morgan fingerprint density at radius 1 is 0.688 bits per heavy atom. The molecule has 2 N–H and O–H groups in total. The molecule has 0 unspecified atom stereocenters. The van der Waals surface area contributed by atoms with Crippen LogP contribution in [0.2, 0.25) is 0 Å². The van der Waals surface area contributed by atoms with Crippen molar-refractivity contribution in [3.05, 3.63) is 141 Å². The van der Waals surface area contributed by atoms with E-state index in [1.807, 2.05) is 0 Å². The second-order valence-electron chi connectivity index (χ2n) is 15.0. The molecular formula is C43H47N3O17S. The third-order valence-corrected chi connectivity index (χ3v) is 10.4. The maximum atomic E-state index is 13.4. The highest BCUT2D eigenvalue weighted by Gasteiger charge is 2.50. The first-order chi connectivity index (χ1) is 30.6. The monoisotopic (exact) mass is 909 g/mol. The Kier molecular flexibility index (Phi) is 15.8. The van der Waals surface area contributed by atoms with Crippen LogP contribution in [-0.2, 0) is 52.4 Å². The molecule has 21 heteroatoms. The van der Waals surface area contributed by atoms with Crippen molar-refractivity contribution < 1.29 is 69.7 Å². The van der Waals surface area contributed by atoms with Crippen LogP contribution in [0.25, 0.3) is 0 Å². The summed E-state index contributed by atoms with van der Waals surface area (Å²) >= 11 is 0. The van der Waals surface area contributed by atoms with Crippen molar-refractivity contribution in [2.24, 2.45) is 0 Å². The lowest BCUT2D eigenvalue weighted by atomic mass is 10.0. The summed E-state index contributed by atoms with van der Waals surface area (Å²) in [6.45, 7) is 5.51. The number of aromatic nitrogens is 2. The van der Waals surface area contributed by atoms with Crippen LogP contribution < -0.4 is 16.0 Å². The van der Waals surface area contributed by atoms with Crippen LogP contribution in [0.5, 0.6) is 0 Å². The Hall–Kier alpha value is -6.23. The standard InChI is InChI=1S/C43H47N3O17S/c1-25(2)57-36-32(60-38(37(36)58-26(3)4)46-21-20-33(47)44-42(46)51)24-56-64(53,54)45-43(52)62-34-22-30(61-40(49)28-16-10-6-11-17-28)35(63-41(50)29-18-12-7-13-19-29)31(59-34)23-55-39(48)27-14-8-5-9-15-27/h5-21,25-26,30-32,34-38H,22-24H2,1-4H3,(H,45,52)(H,44,47,51)/t30-,31-,32-,34-,35+,36-,37-,38-/m1/s1. The van der Waals surface area contributed by atoms with Crippen molar-refractivity contribution >= 4 is 34.3 Å². The lowest BCUT2D eigenvalue weighted by Crippen LogP contribution is -2.55. The molecule has 0 spiro atoms. The van der Waals surface area contributed by atoms with Gasteiger partial charge in [0.1, 0.15) is 37.1 Å². The summed E-state index contributed by atoms with van der Waals surface area (Å²) < 4.78 is 81.0. The number of benzene rings is 3. The molecule has 20 nitrogen and oxygen atoms in total. The van der Waals surface area contributed by atoms with Crippen molar-refractivity contribution in [1.82, 2.24) is 14.3 Å². The number of hydrogen-bond donors (Lipinski definition) is 2. The molecule has 2 saturated heterocycles. The molecule has 3 heterocycles. The lowest BCUT2D eigenvalue weighted by molar-refractivity contribution is -0.237. The zero-order chi connectivity index (χ0) is 46.0. The Balaban J connectivity index is 1.19. The van der Waals surface area contributed by atoms with E-state index in [1.54, 1.807) is 87.0 Å². The first-order valence-electron chi connectivity index (χ1n) is 20.1. The molecule has 0 radical (unpaired) electrons. The van der Waals surface area contributed by atoms with Gasteiger partial charge in [0.25, 0.3) is 5.56 Å². The number of nitrogens with one attached hydrogen (secondary N) is 2. The van der Waals surface area contributed by atoms with E-state index < -0.39 is 127 Å². The van der Waals surface area contributed by atoms with Crippen molar-refractivity contribution in [3.8, 4) is 0 Å². The zero-order valence-electron chi connectivity index (χ0n) is 35.0. The molecule has 2 fully saturated rings. The molecular weight excluding hydrogens is 863 g/mol. The van der Waals surface area contributed by atoms with Gasteiger partial charge in [0, 0.05) is 12.3 Å². The highest BCUT2D eigenvalue weighted by Crippen LogP contribution is 2.35. The number of carbonyl (C=O) groups is 4. The van der Waals surface area contributed by atoms with E-state index in [0.29, 0.717) is 0 Å². The molecule has 0 saturated carbocycles. The number of esters is 3. The van der Waals surface area contributed by atoms with Crippen LogP contribution in [0.1, 0.15) is 71.4 Å². The summed E-state index contributed by atoms with van der Waals surface area (Å²) in [5, 5.41) is 0. The lowest BCUT2D eigenvalue weighted by Gasteiger charge is -2.39. The van der Waals surface area contributed by atoms with Crippen LogP contribution in [0.15, 0.2) is 113 Å². The van der Waals surface area contributed by atoms with Gasteiger partial charge in [0.05, 0.1) is 41.9 Å². The van der Waals surface area contributed by atoms with Gasteiger partial charge in [-0.2, -0.15) is 13.1 Å². The van der Waals surface area contributed by atoms with E-state index in [-0.39, 0.29) is 16.7 Å². The van der Waals surface area contributed by atoms with Gasteiger partial charge >= 0.3 is 40.0 Å². The molecule has 6 rings (SSSR count). The van der Waals surface area contributed by atoms with Crippen LogP contribution in [0.4, 0.5) is 4.79 Å². The van der Waals surface area contributed by atoms with Crippen molar-refractivity contribution in [2.75, 3.05) is 13.2 Å². The van der Waals surface area contributed by atoms with Gasteiger partial charge in [-0.3, -0.25) is 18.5 Å². The molecule has 342 valence electrons.